The van der Waals surface area contributed by atoms with Crippen LogP contribution in [0.25, 0.3) is 0 Å². The van der Waals surface area contributed by atoms with Crippen molar-refractivity contribution in [3.05, 3.63) is 18.0 Å². The van der Waals surface area contributed by atoms with Crippen LogP contribution < -0.4 is 0 Å². The van der Waals surface area contributed by atoms with Gasteiger partial charge in [-0.3, -0.25) is 9.58 Å². The second-order valence-electron chi connectivity index (χ2n) is 7.15. The summed E-state index contributed by atoms with van der Waals surface area (Å²) in [7, 11) is 1.99. The zero-order chi connectivity index (χ0) is 14.9. The zero-order valence-electron chi connectivity index (χ0n) is 13.5. The molecule has 0 N–H and O–H groups in total. The van der Waals surface area contributed by atoms with Crippen LogP contribution in [0.15, 0.2) is 12.4 Å². The van der Waals surface area contributed by atoms with Gasteiger partial charge in [-0.05, 0) is 43.6 Å². The third-order valence-electron chi connectivity index (χ3n) is 5.35. The molecule has 3 fully saturated rings. The molecule has 5 nitrogen and oxygen atoms in total. The summed E-state index contributed by atoms with van der Waals surface area (Å²) in [6, 6.07) is 1.06. The Morgan fingerprint density at radius 1 is 1.32 bits per heavy atom. The van der Waals surface area contributed by atoms with E-state index < -0.39 is 0 Å². The van der Waals surface area contributed by atoms with Crippen LogP contribution in [0.4, 0.5) is 0 Å². The molecule has 2 aliphatic heterocycles. The van der Waals surface area contributed by atoms with Crippen molar-refractivity contribution in [1.29, 1.82) is 0 Å². The molecule has 3 heterocycles. The first kappa shape index (κ1) is 14.7. The monoisotopic (exact) mass is 305 g/mol. The molecule has 1 saturated carbocycles. The van der Waals surface area contributed by atoms with Gasteiger partial charge in [-0.1, -0.05) is 0 Å². The van der Waals surface area contributed by atoms with Crippen molar-refractivity contribution in [3.8, 4) is 0 Å². The quantitative estimate of drug-likeness (QED) is 0.801. The van der Waals surface area contributed by atoms with Gasteiger partial charge in [-0.25, -0.2) is 0 Å². The molecule has 5 heteroatoms. The Bertz CT molecular complexity index is 494. The molecule has 4 rings (SSSR count). The molecular weight excluding hydrogens is 278 g/mol. The molecule has 1 aliphatic carbocycles. The van der Waals surface area contributed by atoms with Crippen molar-refractivity contribution in [3.63, 3.8) is 0 Å². The van der Waals surface area contributed by atoms with E-state index in [4.69, 9.17) is 9.47 Å². The van der Waals surface area contributed by atoms with Crippen molar-refractivity contribution in [2.45, 2.75) is 50.3 Å². The van der Waals surface area contributed by atoms with Gasteiger partial charge in [0.2, 0.25) is 0 Å². The number of hydrogen-bond acceptors (Lipinski definition) is 4. The number of aromatic nitrogens is 2. The first-order chi connectivity index (χ1) is 10.8. The largest absolute Gasteiger partial charge is 0.380 e. The normalized spacial score (nSPS) is 32.9. The van der Waals surface area contributed by atoms with Gasteiger partial charge in [0.25, 0.3) is 0 Å². The highest BCUT2D eigenvalue weighted by molar-refractivity contribution is 5.09. The van der Waals surface area contributed by atoms with Crippen LogP contribution in [0.1, 0.15) is 31.2 Å². The number of likely N-dealkylation sites (tertiary alicyclic amines) is 1. The second kappa shape index (κ2) is 6.30. The maximum Gasteiger partial charge on any atom is 0.0745 e. The van der Waals surface area contributed by atoms with Gasteiger partial charge < -0.3 is 9.47 Å². The Hall–Kier alpha value is -0.910. The van der Waals surface area contributed by atoms with E-state index in [2.05, 4.69) is 16.2 Å². The van der Waals surface area contributed by atoms with E-state index in [1.165, 1.54) is 24.8 Å². The number of ether oxygens (including phenoxy) is 2. The van der Waals surface area contributed by atoms with Crippen molar-refractivity contribution >= 4 is 0 Å². The lowest BCUT2D eigenvalue weighted by Gasteiger charge is -2.32. The molecule has 0 aromatic carbocycles. The molecule has 0 amide bonds. The minimum Gasteiger partial charge on any atom is -0.380 e. The fourth-order valence-corrected chi connectivity index (χ4v) is 3.89. The van der Waals surface area contributed by atoms with Crippen LogP contribution in [0, 0.1) is 5.92 Å². The maximum atomic E-state index is 6.30. The van der Waals surface area contributed by atoms with Gasteiger partial charge in [-0.2, -0.15) is 5.10 Å². The van der Waals surface area contributed by atoms with Crippen LogP contribution in [0.5, 0.6) is 0 Å². The lowest BCUT2D eigenvalue weighted by atomic mass is 10.0. The minimum absolute atomic E-state index is 0.376. The first-order valence-corrected chi connectivity index (χ1v) is 8.72. The zero-order valence-corrected chi connectivity index (χ0v) is 13.5. The summed E-state index contributed by atoms with van der Waals surface area (Å²) in [6.07, 6.45) is 10.6. The Balaban J connectivity index is 1.45. The van der Waals surface area contributed by atoms with Crippen LogP contribution in [-0.2, 0) is 22.9 Å². The van der Waals surface area contributed by atoms with E-state index in [1.807, 2.05) is 17.9 Å². The highest BCUT2D eigenvalue weighted by Gasteiger charge is 2.40. The molecule has 2 saturated heterocycles. The predicted molar refractivity (Wildman–Crippen MR) is 83.7 cm³/mol. The fraction of sp³-hybridized carbons (Fsp3) is 0.824. The van der Waals surface area contributed by atoms with E-state index >= 15 is 0 Å². The molecule has 3 atom stereocenters. The molecule has 3 aliphatic rings. The van der Waals surface area contributed by atoms with Crippen molar-refractivity contribution < 1.29 is 9.47 Å². The van der Waals surface area contributed by atoms with Gasteiger partial charge in [0.15, 0.2) is 0 Å². The molecular formula is C17H27N3O2. The van der Waals surface area contributed by atoms with Gasteiger partial charge in [0.05, 0.1) is 18.9 Å². The summed E-state index contributed by atoms with van der Waals surface area (Å²) in [5.41, 5.74) is 1.32. The standard InChI is InChI=1S/C17H27N3O2/c1-19-10-14(9-18-19)8-16-17(22-11-13-2-3-13)4-6-20(16)15-5-7-21-12-15/h9-10,13,15-17H,2-8,11-12H2,1H3/t15-,16-,17-/m0/s1. The van der Waals surface area contributed by atoms with E-state index in [1.54, 1.807) is 0 Å². The highest BCUT2D eigenvalue weighted by Crippen LogP contribution is 2.33. The SMILES string of the molecule is Cn1cc(C[C@H]2[C@@H](OCC3CC3)CCN2[C@H]2CCOC2)cn1. The van der Waals surface area contributed by atoms with E-state index in [9.17, 15) is 0 Å². The van der Waals surface area contributed by atoms with Crippen molar-refractivity contribution in [1.82, 2.24) is 14.7 Å². The molecule has 1 aromatic rings. The van der Waals surface area contributed by atoms with Gasteiger partial charge in [0, 0.05) is 45.1 Å². The van der Waals surface area contributed by atoms with E-state index in [0.29, 0.717) is 18.2 Å². The molecule has 0 bridgehead atoms. The van der Waals surface area contributed by atoms with E-state index in [0.717, 1.165) is 45.1 Å². The second-order valence-corrected chi connectivity index (χ2v) is 7.15. The third-order valence-corrected chi connectivity index (χ3v) is 5.35. The summed E-state index contributed by atoms with van der Waals surface area (Å²) >= 11 is 0. The van der Waals surface area contributed by atoms with Crippen LogP contribution in [0.2, 0.25) is 0 Å². The number of aryl methyl sites for hydroxylation is 1. The summed E-state index contributed by atoms with van der Waals surface area (Å²) in [6.45, 7) is 3.91. The highest BCUT2D eigenvalue weighted by atomic mass is 16.5. The van der Waals surface area contributed by atoms with Crippen molar-refractivity contribution in [2.75, 3.05) is 26.4 Å². The number of rotatable bonds is 6. The van der Waals surface area contributed by atoms with Gasteiger partial charge >= 0.3 is 0 Å². The Labute approximate surface area is 132 Å². The molecule has 1 aromatic heterocycles. The first-order valence-electron chi connectivity index (χ1n) is 8.72. The minimum atomic E-state index is 0.376. The Morgan fingerprint density at radius 3 is 2.91 bits per heavy atom. The molecule has 22 heavy (non-hydrogen) atoms. The smallest absolute Gasteiger partial charge is 0.0745 e. The molecule has 0 unspecified atom stereocenters. The lowest BCUT2D eigenvalue weighted by molar-refractivity contribution is 0.0122. The summed E-state index contributed by atoms with van der Waals surface area (Å²) in [5, 5.41) is 4.32. The average Bonchev–Trinajstić information content (AvgIpc) is 2.92. The van der Waals surface area contributed by atoms with Crippen LogP contribution >= 0.6 is 0 Å². The number of nitrogens with zero attached hydrogens (tertiary/aromatic N) is 3. The predicted octanol–water partition coefficient (Wildman–Crippen LogP) is 1.62. The van der Waals surface area contributed by atoms with E-state index in [-0.39, 0.29) is 0 Å². The van der Waals surface area contributed by atoms with Crippen molar-refractivity contribution in [2.24, 2.45) is 13.0 Å². The summed E-state index contributed by atoms with van der Waals surface area (Å²) < 4.78 is 13.8. The molecule has 0 spiro atoms. The van der Waals surface area contributed by atoms with Crippen LogP contribution in [0.3, 0.4) is 0 Å². The topological polar surface area (TPSA) is 39.5 Å². The summed E-state index contributed by atoms with van der Waals surface area (Å²) in [4.78, 5) is 2.65. The van der Waals surface area contributed by atoms with Gasteiger partial charge in [0.1, 0.15) is 0 Å². The van der Waals surface area contributed by atoms with Crippen LogP contribution in [-0.4, -0.2) is 59.2 Å². The number of hydrogen-bond donors (Lipinski definition) is 0. The van der Waals surface area contributed by atoms with Gasteiger partial charge in [-0.15, -0.1) is 0 Å². The Morgan fingerprint density at radius 2 is 2.23 bits per heavy atom. The molecule has 122 valence electrons. The Kier molecular flexibility index (Phi) is 4.20. The summed E-state index contributed by atoms with van der Waals surface area (Å²) in [5.74, 6) is 0.836. The average molecular weight is 305 g/mol. The fourth-order valence-electron chi connectivity index (χ4n) is 3.89. The molecule has 0 radical (unpaired) electrons. The lowest BCUT2D eigenvalue weighted by Crippen LogP contribution is -2.44. The maximum absolute atomic E-state index is 6.30. The third kappa shape index (κ3) is 3.21.